The van der Waals surface area contributed by atoms with Gasteiger partial charge in [-0.2, -0.15) is 0 Å². The molecule has 152 valence electrons. The molecule has 2 aromatic carbocycles. The first-order chi connectivity index (χ1) is 13.8. The predicted octanol–water partition coefficient (Wildman–Crippen LogP) is 4.21. The van der Waals surface area contributed by atoms with Gasteiger partial charge >= 0.3 is 0 Å². The van der Waals surface area contributed by atoms with Crippen LogP contribution in [0, 0.1) is 18.6 Å². The Balaban J connectivity index is 1.79. The van der Waals surface area contributed by atoms with E-state index in [0.29, 0.717) is 10.4 Å². The quantitative estimate of drug-likeness (QED) is 0.566. The summed E-state index contributed by atoms with van der Waals surface area (Å²) in [7, 11) is -3.86. The van der Waals surface area contributed by atoms with E-state index in [0.717, 1.165) is 6.07 Å². The molecule has 0 bridgehead atoms. The number of halogens is 2. The van der Waals surface area contributed by atoms with Gasteiger partial charge in [-0.05, 0) is 59.8 Å². The van der Waals surface area contributed by atoms with Gasteiger partial charge in [0.25, 0.3) is 0 Å². The van der Waals surface area contributed by atoms with Crippen molar-refractivity contribution in [3.8, 4) is 0 Å². The summed E-state index contributed by atoms with van der Waals surface area (Å²) in [5.41, 5.74) is 0.852. The van der Waals surface area contributed by atoms with Gasteiger partial charge in [-0.3, -0.25) is 4.79 Å². The number of aryl methyl sites for hydroxylation is 1. The molecule has 29 heavy (non-hydrogen) atoms. The van der Waals surface area contributed by atoms with Crippen LogP contribution in [0.4, 0.5) is 8.78 Å². The molecule has 1 unspecified atom stereocenters. The molecular weight excluding hydrogens is 416 g/mol. The molecule has 4 nitrogen and oxygen atoms in total. The maximum atomic E-state index is 13.6. The lowest BCUT2D eigenvalue weighted by molar-refractivity contribution is -0.120. The summed E-state index contributed by atoms with van der Waals surface area (Å²) in [6.45, 7) is 1.37. The third kappa shape index (κ3) is 5.07. The summed E-state index contributed by atoms with van der Waals surface area (Å²) in [6.07, 6.45) is 0.00709. The molecule has 1 heterocycles. The minimum atomic E-state index is -3.86. The first kappa shape index (κ1) is 21.1. The zero-order valence-electron chi connectivity index (χ0n) is 15.6. The Kier molecular flexibility index (Phi) is 6.44. The molecule has 1 atom stereocenters. The van der Waals surface area contributed by atoms with Crippen LogP contribution < -0.4 is 5.32 Å². The molecule has 0 fully saturated rings. The normalized spacial score (nSPS) is 12.5. The fourth-order valence-electron chi connectivity index (χ4n) is 2.85. The Hall–Kier alpha value is -2.58. The number of sulfone groups is 1. The molecule has 0 saturated carbocycles. The maximum absolute atomic E-state index is 13.6. The van der Waals surface area contributed by atoms with Crippen LogP contribution in [-0.4, -0.2) is 20.9 Å². The number of carbonyl (C=O) groups excluding carboxylic acids is 1. The van der Waals surface area contributed by atoms with E-state index in [9.17, 15) is 22.0 Å². The second kappa shape index (κ2) is 8.84. The van der Waals surface area contributed by atoms with Gasteiger partial charge in [0, 0.05) is 11.4 Å². The van der Waals surface area contributed by atoms with Crippen molar-refractivity contribution in [1.29, 1.82) is 0 Å². The molecule has 3 aromatic rings. The van der Waals surface area contributed by atoms with Crippen LogP contribution in [0.2, 0.25) is 0 Å². The summed E-state index contributed by atoms with van der Waals surface area (Å²) in [5, 5.41) is 3.42. The van der Waals surface area contributed by atoms with E-state index in [-0.39, 0.29) is 29.3 Å². The number of amides is 1. The molecule has 1 aromatic heterocycles. The van der Waals surface area contributed by atoms with Gasteiger partial charge in [0.1, 0.15) is 16.9 Å². The Morgan fingerprint density at radius 3 is 2.45 bits per heavy atom. The number of nitrogens with one attached hydrogen (secondary N) is 1. The zero-order chi connectivity index (χ0) is 21.0. The van der Waals surface area contributed by atoms with E-state index in [2.05, 4.69) is 5.32 Å². The second-order valence-corrected chi connectivity index (χ2v) is 9.68. The van der Waals surface area contributed by atoms with E-state index < -0.39 is 26.7 Å². The first-order valence-corrected chi connectivity index (χ1v) is 11.2. The van der Waals surface area contributed by atoms with Crippen molar-refractivity contribution in [3.05, 3.63) is 87.6 Å². The highest BCUT2D eigenvalue weighted by molar-refractivity contribution is 7.91. The lowest BCUT2D eigenvalue weighted by Crippen LogP contribution is -2.32. The van der Waals surface area contributed by atoms with E-state index in [1.807, 2.05) is 0 Å². The largest absolute Gasteiger partial charge is 0.354 e. The van der Waals surface area contributed by atoms with Crippen molar-refractivity contribution in [3.63, 3.8) is 0 Å². The Labute approximate surface area is 172 Å². The van der Waals surface area contributed by atoms with Crippen LogP contribution in [0.5, 0.6) is 0 Å². The highest BCUT2D eigenvalue weighted by Crippen LogP contribution is 2.32. The highest BCUT2D eigenvalue weighted by Gasteiger charge is 2.30. The standard InChI is InChI=1S/C21H19F2NO3S2/c1-14-11-17(8-9-18(14)23)29(26,27)20(19-3-2-10-28-19)13-24-21(25)12-15-4-6-16(22)7-5-15/h2-11,20H,12-13H2,1H3,(H,24,25). The average molecular weight is 436 g/mol. The van der Waals surface area contributed by atoms with E-state index >= 15 is 0 Å². The van der Waals surface area contributed by atoms with Crippen LogP contribution in [-0.2, 0) is 21.1 Å². The van der Waals surface area contributed by atoms with Crippen LogP contribution in [0.25, 0.3) is 0 Å². The van der Waals surface area contributed by atoms with Crippen LogP contribution >= 0.6 is 11.3 Å². The molecular formula is C21H19F2NO3S2. The highest BCUT2D eigenvalue weighted by atomic mass is 32.2. The predicted molar refractivity (Wildman–Crippen MR) is 108 cm³/mol. The van der Waals surface area contributed by atoms with Crippen molar-refractivity contribution in [2.75, 3.05) is 6.54 Å². The molecule has 0 aliphatic rings. The number of rotatable bonds is 7. The lowest BCUT2D eigenvalue weighted by atomic mass is 10.1. The maximum Gasteiger partial charge on any atom is 0.224 e. The van der Waals surface area contributed by atoms with Gasteiger partial charge in [0.05, 0.1) is 11.3 Å². The van der Waals surface area contributed by atoms with Gasteiger partial charge in [-0.15, -0.1) is 11.3 Å². The summed E-state index contributed by atoms with van der Waals surface area (Å²) >= 11 is 1.27. The number of carbonyl (C=O) groups is 1. The third-order valence-corrected chi connectivity index (χ3v) is 7.67. The van der Waals surface area contributed by atoms with E-state index in [4.69, 9.17) is 0 Å². The molecule has 0 saturated heterocycles. The molecule has 0 aliphatic heterocycles. The van der Waals surface area contributed by atoms with Crippen LogP contribution in [0.3, 0.4) is 0 Å². The smallest absolute Gasteiger partial charge is 0.224 e. The number of thiophene rings is 1. The summed E-state index contributed by atoms with van der Waals surface area (Å²) in [5.74, 6) is -1.25. The van der Waals surface area contributed by atoms with E-state index in [1.165, 1.54) is 54.7 Å². The fraction of sp³-hybridized carbons (Fsp3) is 0.190. The molecule has 0 spiro atoms. The summed E-state index contributed by atoms with van der Waals surface area (Å²) in [6, 6.07) is 12.6. The number of hydrogen-bond acceptors (Lipinski definition) is 4. The molecule has 1 N–H and O–H groups in total. The van der Waals surface area contributed by atoms with Crippen molar-refractivity contribution < 1.29 is 22.0 Å². The summed E-state index contributed by atoms with van der Waals surface area (Å²) in [4.78, 5) is 12.9. The van der Waals surface area contributed by atoms with Crippen LogP contribution in [0.15, 0.2) is 64.9 Å². The number of benzene rings is 2. The monoisotopic (exact) mass is 435 g/mol. The minimum Gasteiger partial charge on any atom is -0.354 e. The molecule has 0 radical (unpaired) electrons. The average Bonchev–Trinajstić information content (AvgIpc) is 3.20. The fourth-order valence-corrected chi connectivity index (χ4v) is 5.72. The Morgan fingerprint density at radius 2 is 1.83 bits per heavy atom. The first-order valence-electron chi connectivity index (χ1n) is 8.82. The van der Waals surface area contributed by atoms with Crippen LogP contribution in [0.1, 0.15) is 21.3 Å². The number of hydrogen-bond donors (Lipinski definition) is 1. The molecule has 8 heteroatoms. The van der Waals surface area contributed by atoms with Crippen molar-refractivity contribution in [1.82, 2.24) is 5.32 Å². The zero-order valence-corrected chi connectivity index (χ0v) is 17.2. The van der Waals surface area contributed by atoms with Gasteiger partial charge in [0.15, 0.2) is 9.84 Å². The topological polar surface area (TPSA) is 63.2 Å². The minimum absolute atomic E-state index is 0.00239. The van der Waals surface area contributed by atoms with E-state index in [1.54, 1.807) is 17.5 Å². The third-order valence-electron chi connectivity index (χ3n) is 4.46. The van der Waals surface area contributed by atoms with Gasteiger partial charge < -0.3 is 5.32 Å². The van der Waals surface area contributed by atoms with Gasteiger partial charge in [-0.25, -0.2) is 17.2 Å². The van der Waals surface area contributed by atoms with Gasteiger partial charge in [0.2, 0.25) is 5.91 Å². The van der Waals surface area contributed by atoms with Gasteiger partial charge in [-0.1, -0.05) is 18.2 Å². The molecule has 3 rings (SSSR count). The summed E-state index contributed by atoms with van der Waals surface area (Å²) < 4.78 is 53.0. The van der Waals surface area contributed by atoms with Crippen molar-refractivity contribution in [2.24, 2.45) is 0 Å². The Morgan fingerprint density at radius 1 is 1.10 bits per heavy atom. The SMILES string of the molecule is Cc1cc(S(=O)(=O)C(CNC(=O)Cc2ccc(F)cc2)c2cccs2)ccc1F. The molecule has 0 aliphatic carbocycles. The van der Waals surface area contributed by atoms with Crippen molar-refractivity contribution in [2.45, 2.75) is 23.5 Å². The Bertz CT molecular complexity index is 1100. The lowest BCUT2D eigenvalue weighted by Gasteiger charge is -2.18. The van der Waals surface area contributed by atoms with Crippen molar-refractivity contribution >= 4 is 27.1 Å². The second-order valence-electron chi connectivity index (χ2n) is 6.57. The molecule has 1 amide bonds.